The van der Waals surface area contributed by atoms with Crippen molar-refractivity contribution in [3.05, 3.63) is 0 Å². The highest BCUT2D eigenvalue weighted by atomic mass is 16.3. The zero-order valence-corrected chi connectivity index (χ0v) is 14.0. The van der Waals surface area contributed by atoms with Gasteiger partial charge in [0.1, 0.15) is 0 Å². The van der Waals surface area contributed by atoms with E-state index in [1.165, 1.54) is 0 Å². The van der Waals surface area contributed by atoms with Crippen molar-refractivity contribution in [2.45, 2.75) is 45.3 Å². The second-order valence-electron chi connectivity index (χ2n) is 5.62. The third-order valence-electron chi connectivity index (χ3n) is 3.98. The first-order valence-electron chi connectivity index (χ1n) is 8.37. The Bertz CT molecular complexity index is 224. The highest BCUT2D eigenvalue weighted by molar-refractivity contribution is 4.74. The highest BCUT2D eigenvalue weighted by Gasteiger charge is 2.17. The summed E-state index contributed by atoms with van der Waals surface area (Å²) >= 11 is 0. The molecule has 0 aliphatic rings. The fourth-order valence-electron chi connectivity index (χ4n) is 2.69. The zero-order valence-electron chi connectivity index (χ0n) is 14.0. The normalized spacial score (nSPS) is 14.9. The molecule has 6 heteroatoms. The third kappa shape index (κ3) is 9.39. The quantitative estimate of drug-likeness (QED) is 0.342. The average molecular weight is 303 g/mol. The van der Waals surface area contributed by atoms with E-state index in [1.54, 1.807) is 0 Å². The van der Waals surface area contributed by atoms with Gasteiger partial charge in [0.2, 0.25) is 0 Å². The molecule has 0 aromatic rings. The Labute approximate surface area is 130 Å². The Kier molecular flexibility index (Phi) is 13.3. The van der Waals surface area contributed by atoms with Gasteiger partial charge in [0.05, 0.1) is 6.10 Å². The molecule has 0 aliphatic carbocycles. The second kappa shape index (κ2) is 13.4. The molecule has 7 N–H and O–H groups in total. The molecule has 0 aromatic carbocycles. The standard InChI is InChI=1S/C15H37N5O/c1-3-14(20(11-7-17)12-8-18)5-9-19(10-6-16)13-15(21)4-2/h14-15,21H,3-13,16-18H2,1-2H3. The van der Waals surface area contributed by atoms with E-state index < -0.39 is 0 Å². The minimum atomic E-state index is -0.263. The van der Waals surface area contributed by atoms with E-state index in [0.29, 0.717) is 32.2 Å². The number of nitrogens with zero attached hydrogens (tertiary/aromatic N) is 2. The molecular weight excluding hydrogens is 266 g/mol. The summed E-state index contributed by atoms with van der Waals surface area (Å²) in [4.78, 5) is 4.65. The lowest BCUT2D eigenvalue weighted by Crippen LogP contribution is -2.44. The maximum atomic E-state index is 9.83. The summed E-state index contributed by atoms with van der Waals surface area (Å²) in [5.74, 6) is 0. The largest absolute Gasteiger partial charge is 0.392 e. The first-order chi connectivity index (χ1) is 10.1. The monoisotopic (exact) mass is 303 g/mol. The van der Waals surface area contributed by atoms with Gasteiger partial charge in [-0.15, -0.1) is 0 Å². The predicted octanol–water partition coefficient (Wildman–Crippen LogP) is -0.594. The molecule has 0 saturated heterocycles. The number of rotatable bonds is 14. The number of aliphatic hydroxyl groups is 1. The van der Waals surface area contributed by atoms with E-state index in [9.17, 15) is 5.11 Å². The number of nitrogens with two attached hydrogens (primary N) is 3. The minimum Gasteiger partial charge on any atom is -0.392 e. The molecule has 6 nitrogen and oxygen atoms in total. The van der Waals surface area contributed by atoms with Crippen molar-refractivity contribution in [1.29, 1.82) is 0 Å². The fourth-order valence-corrected chi connectivity index (χ4v) is 2.69. The lowest BCUT2D eigenvalue weighted by molar-refractivity contribution is 0.100. The molecule has 0 aromatic heterocycles. The summed E-state index contributed by atoms with van der Waals surface area (Å²) in [7, 11) is 0. The topological polar surface area (TPSA) is 105 Å². The zero-order chi connectivity index (χ0) is 16.1. The van der Waals surface area contributed by atoms with Gasteiger partial charge in [-0.2, -0.15) is 0 Å². The molecule has 0 saturated carbocycles. The van der Waals surface area contributed by atoms with Crippen LogP contribution in [-0.4, -0.2) is 79.4 Å². The molecular formula is C15H37N5O. The number of hydrogen-bond donors (Lipinski definition) is 4. The van der Waals surface area contributed by atoms with E-state index >= 15 is 0 Å². The summed E-state index contributed by atoms with van der Waals surface area (Å²) in [6.07, 6.45) is 2.67. The molecule has 0 amide bonds. The molecule has 0 fully saturated rings. The summed E-state index contributed by atoms with van der Waals surface area (Å²) < 4.78 is 0. The van der Waals surface area contributed by atoms with Gasteiger partial charge in [0.15, 0.2) is 0 Å². The van der Waals surface area contributed by atoms with Crippen LogP contribution in [0.25, 0.3) is 0 Å². The Hall–Kier alpha value is -0.240. The summed E-state index contributed by atoms with van der Waals surface area (Å²) in [6.45, 7) is 10.5. The lowest BCUT2D eigenvalue weighted by atomic mass is 10.1. The lowest BCUT2D eigenvalue weighted by Gasteiger charge is -2.33. The molecule has 0 heterocycles. The predicted molar refractivity (Wildman–Crippen MR) is 90.2 cm³/mol. The first-order valence-corrected chi connectivity index (χ1v) is 8.37. The minimum absolute atomic E-state index is 0.263. The molecule has 0 spiro atoms. The van der Waals surface area contributed by atoms with Gasteiger partial charge in [-0.3, -0.25) is 9.80 Å². The van der Waals surface area contributed by atoms with Crippen LogP contribution >= 0.6 is 0 Å². The molecule has 0 radical (unpaired) electrons. The molecule has 21 heavy (non-hydrogen) atoms. The van der Waals surface area contributed by atoms with Crippen LogP contribution < -0.4 is 17.2 Å². The molecule has 2 atom stereocenters. The molecule has 2 unspecified atom stereocenters. The van der Waals surface area contributed by atoms with Crippen molar-refractivity contribution < 1.29 is 5.11 Å². The van der Waals surface area contributed by atoms with Crippen LogP contribution in [0.3, 0.4) is 0 Å². The van der Waals surface area contributed by atoms with Crippen LogP contribution in [0.1, 0.15) is 33.1 Å². The average Bonchev–Trinajstić information content (AvgIpc) is 2.48. The fraction of sp³-hybridized carbons (Fsp3) is 1.00. The van der Waals surface area contributed by atoms with E-state index in [0.717, 1.165) is 45.4 Å². The van der Waals surface area contributed by atoms with Crippen molar-refractivity contribution in [2.75, 3.05) is 52.4 Å². The maximum Gasteiger partial charge on any atom is 0.0664 e. The first kappa shape index (κ1) is 20.8. The Morgan fingerprint density at radius 2 is 1.43 bits per heavy atom. The van der Waals surface area contributed by atoms with Gasteiger partial charge in [0.25, 0.3) is 0 Å². The van der Waals surface area contributed by atoms with Crippen LogP contribution in [0.15, 0.2) is 0 Å². The van der Waals surface area contributed by atoms with Crippen LogP contribution in [0.5, 0.6) is 0 Å². The van der Waals surface area contributed by atoms with Crippen molar-refractivity contribution in [3.63, 3.8) is 0 Å². The molecule has 0 bridgehead atoms. The van der Waals surface area contributed by atoms with E-state index in [2.05, 4.69) is 16.7 Å². The summed E-state index contributed by atoms with van der Waals surface area (Å²) in [5, 5.41) is 9.83. The van der Waals surface area contributed by atoms with Crippen molar-refractivity contribution in [1.82, 2.24) is 9.80 Å². The third-order valence-corrected chi connectivity index (χ3v) is 3.98. The maximum absolute atomic E-state index is 9.83. The van der Waals surface area contributed by atoms with Gasteiger partial charge < -0.3 is 22.3 Å². The Morgan fingerprint density at radius 3 is 1.86 bits per heavy atom. The van der Waals surface area contributed by atoms with Gasteiger partial charge in [-0.25, -0.2) is 0 Å². The van der Waals surface area contributed by atoms with Crippen molar-refractivity contribution in [3.8, 4) is 0 Å². The SMILES string of the molecule is CCC(O)CN(CCN)CCC(CC)N(CCN)CCN. The van der Waals surface area contributed by atoms with Gasteiger partial charge in [0, 0.05) is 51.9 Å². The van der Waals surface area contributed by atoms with Gasteiger partial charge in [-0.05, 0) is 25.8 Å². The van der Waals surface area contributed by atoms with E-state index in [-0.39, 0.29) is 6.10 Å². The van der Waals surface area contributed by atoms with E-state index in [1.807, 2.05) is 6.92 Å². The van der Waals surface area contributed by atoms with Crippen LogP contribution in [0.4, 0.5) is 0 Å². The van der Waals surface area contributed by atoms with Crippen LogP contribution in [0, 0.1) is 0 Å². The smallest absolute Gasteiger partial charge is 0.0664 e. The van der Waals surface area contributed by atoms with Gasteiger partial charge >= 0.3 is 0 Å². The highest BCUT2D eigenvalue weighted by Crippen LogP contribution is 2.10. The van der Waals surface area contributed by atoms with Crippen molar-refractivity contribution in [2.24, 2.45) is 17.2 Å². The van der Waals surface area contributed by atoms with Gasteiger partial charge in [-0.1, -0.05) is 13.8 Å². The van der Waals surface area contributed by atoms with Crippen molar-refractivity contribution >= 4 is 0 Å². The van der Waals surface area contributed by atoms with E-state index in [4.69, 9.17) is 17.2 Å². The summed E-state index contributed by atoms with van der Waals surface area (Å²) in [5.41, 5.74) is 17.1. The number of aliphatic hydroxyl groups excluding tert-OH is 1. The molecule has 0 aliphatic heterocycles. The number of hydrogen-bond acceptors (Lipinski definition) is 6. The molecule has 128 valence electrons. The Balaban J connectivity index is 4.41. The van der Waals surface area contributed by atoms with Crippen LogP contribution in [0.2, 0.25) is 0 Å². The Morgan fingerprint density at radius 1 is 0.857 bits per heavy atom. The molecule has 0 rings (SSSR count). The van der Waals surface area contributed by atoms with Crippen LogP contribution in [-0.2, 0) is 0 Å². The second-order valence-corrected chi connectivity index (χ2v) is 5.62. The summed E-state index contributed by atoms with van der Waals surface area (Å²) in [6, 6.07) is 0.496.